The summed E-state index contributed by atoms with van der Waals surface area (Å²) in [4.78, 5) is 0. The normalized spacial score (nSPS) is 11.6. The number of nitrogen functional groups attached to an aromatic ring is 1. The summed E-state index contributed by atoms with van der Waals surface area (Å²) in [5.41, 5.74) is 6.76. The zero-order valence-electron chi connectivity index (χ0n) is 7.43. The molecule has 0 radical (unpaired) electrons. The van der Waals surface area contributed by atoms with Gasteiger partial charge in [-0.2, -0.15) is 13.2 Å². The van der Waals surface area contributed by atoms with Gasteiger partial charge in [0.2, 0.25) is 0 Å². The molecule has 0 saturated heterocycles. The second-order valence-electron chi connectivity index (χ2n) is 2.96. The van der Waals surface area contributed by atoms with Crippen molar-refractivity contribution < 1.29 is 13.2 Å². The maximum Gasteiger partial charge on any atom is 0.401 e. The van der Waals surface area contributed by atoms with Crippen molar-refractivity contribution in [2.75, 3.05) is 12.3 Å². The van der Waals surface area contributed by atoms with Crippen molar-refractivity contribution in [3.63, 3.8) is 0 Å². The zero-order valence-corrected chi connectivity index (χ0v) is 7.43. The molecule has 0 spiro atoms. The lowest BCUT2D eigenvalue weighted by Crippen LogP contribution is -2.28. The van der Waals surface area contributed by atoms with E-state index in [-0.39, 0.29) is 6.54 Å². The van der Waals surface area contributed by atoms with Gasteiger partial charge in [0.25, 0.3) is 0 Å². The van der Waals surface area contributed by atoms with Gasteiger partial charge < -0.3 is 11.1 Å². The molecule has 0 aliphatic carbocycles. The van der Waals surface area contributed by atoms with Crippen molar-refractivity contribution in [1.82, 2.24) is 5.32 Å². The molecule has 0 amide bonds. The molecule has 1 aromatic carbocycles. The fourth-order valence-electron chi connectivity index (χ4n) is 1.05. The Morgan fingerprint density at radius 2 is 2.00 bits per heavy atom. The number of nitrogens with one attached hydrogen (secondary N) is 1. The lowest BCUT2D eigenvalue weighted by atomic mass is 10.2. The molecule has 0 atom stereocenters. The highest BCUT2D eigenvalue weighted by Gasteiger charge is 2.25. The van der Waals surface area contributed by atoms with Crippen molar-refractivity contribution in [3.05, 3.63) is 29.8 Å². The van der Waals surface area contributed by atoms with Gasteiger partial charge in [-0.3, -0.25) is 0 Å². The number of anilines is 1. The molecule has 14 heavy (non-hydrogen) atoms. The van der Waals surface area contributed by atoms with E-state index in [2.05, 4.69) is 5.32 Å². The van der Waals surface area contributed by atoms with Crippen LogP contribution in [0.5, 0.6) is 0 Å². The SMILES string of the molecule is Nc1cccc(CNCC(F)(F)F)c1. The van der Waals surface area contributed by atoms with Crippen molar-refractivity contribution in [3.8, 4) is 0 Å². The molecule has 78 valence electrons. The Hall–Kier alpha value is -1.23. The predicted octanol–water partition coefficient (Wildman–Crippen LogP) is 1.92. The van der Waals surface area contributed by atoms with Gasteiger partial charge in [-0.1, -0.05) is 12.1 Å². The predicted molar refractivity (Wildman–Crippen MR) is 48.6 cm³/mol. The minimum Gasteiger partial charge on any atom is -0.399 e. The van der Waals surface area contributed by atoms with Crippen LogP contribution in [-0.2, 0) is 6.54 Å². The molecule has 0 saturated carbocycles. The van der Waals surface area contributed by atoms with Crippen molar-refractivity contribution >= 4 is 5.69 Å². The summed E-state index contributed by atoms with van der Waals surface area (Å²) in [5, 5.41) is 2.29. The molecular formula is C9H11F3N2. The Kier molecular flexibility index (Phi) is 3.35. The minimum absolute atomic E-state index is 0.171. The maximum absolute atomic E-state index is 11.8. The van der Waals surface area contributed by atoms with Crippen LogP contribution in [0.3, 0.4) is 0 Å². The second kappa shape index (κ2) is 4.32. The first-order valence-corrected chi connectivity index (χ1v) is 4.09. The standard InChI is InChI=1S/C9H11F3N2/c10-9(11,12)6-14-5-7-2-1-3-8(13)4-7/h1-4,14H,5-6,13H2. The molecule has 0 fully saturated rings. The maximum atomic E-state index is 11.8. The first-order chi connectivity index (χ1) is 6.47. The average molecular weight is 204 g/mol. The summed E-state index contributed by atoms with van der Waals surface area (Å²) in [5.74, 6) is 0. The Bertz CT molecular complexity index is 296. The molecule has 0 unspecified atom stereocenters. The van der Waals surface area contributed by atoms with Crippen molar-refractivity contribution in [2.24, 2.45) is 0 Å². The van der Waals surface area contributed by atoms with E-state index in [1.54, 1.807) is 24.3 Å². The highest BCUT2D eigenvalue weighted by Crippen LogP contribution is 2.13. The minimum atomic E-state index is -4.17. The zero-order chi connectivity index (χ0) is 10.6. The van der Waals surface area contributed by atoms with Crippen LogP contribution in [0.1, 0.15) is 5.56 Å². The summed E-state index contributed by atoms with van der Waals surface area (Å²) in [6.45, 7) is -0.813. The first kappa shape index (κ1) is 10.8. The summed E-state index contributed by atoms with van der Waals surface area (Å²) in [6, 6.07) is 6.76. The van der Waals surface area contributed by atoms with Crippen LogP contribution < -0.4 is 11.1 Å². The van der Waals surface area contributed by atoms with Crippen LogP contribution in [0.2, 0.25) is 0 Å². The molecule has 0 heterocycles. The van der Waals surface area contributed by atoms with Gasteiger partial charge in [0.15, 0.2) is 0 Å². The molecule has 0 aromatic heterocycles. The largest absolute Gasteiger partial charge is 0.401 e. The van der Waals surface area contributed by atoms with Gasteiger partial charge in [0, 0.05) is 12.2 Å². The number of rotatable bonds is 3. The third-order valence-corrected chi connectivity index (χ3v) is 1.61. The van der Waals surface area contributed by atoms with Gasteiger partial charge in [-0.25, -0.2) is 0 Å². The van der Waals surface area contributed by atoms with Gasteiger partial charge in [-0.15, -0.1) is 0 Å². The molecule has 0 aliphatic heterocycles. The number of alkyl halides is 3. The molecule has 3 N–H and O–H groups in total. The number of hydrogen-bond acceptors (Lipinski definition) is 2. The molecule has 5 heteroatoms. The summed E-state index contributed by atoms with van der Waals surface area (Å²) in [7, 11) is 0. The molecule has 0 bridgehead atoms. The van der Waals surface area contributed by atoms with E-state index in [0.717, 1.165) is 5.56 Å². The van der Waals surface area contributed by atoms with Crippen LogP contribution in [-0.4, -0.2) is 12.7 Å². The van der Waals surface area contributed by atoms with Crippen molar-refractivity contribution in [2.45, 2.75) is 12.7 Å². The average Bonchev–Trinajstić information content (AvgIpc) is 2.01. The third-order valence-electron chi connectivity index (χ3n) is 1.61. The fraction of sp³-hybridized carbons (Fsp3) is 0.333. The topological polar surface area (TPSA) is 38.0 Å². The van der Waals surface area contributed by atoms with E-state index in [0.29, 0.717) is 5.69 Å². The van der Waals surface area contributed by atoms with E-state index < -0.39 is 12.7 Å². The van der Waals surface area contributed by atoms with Gasteiger partial charge in [0.1, 0.15) is 0 Å². The quantitative estimate of drug-likeness (QED) is 0.738. The van der Waals surface area contributed by atoms with E-state index in [9.17, 15) is 13.2 Å². The number of halogens is 3. The third kappa shape index (κ3) is 4.13. The Balaban J connectivity index is 2.39. The van der Waals surface area contributed by atoms with E-state index in [1.165, 1.54) is 0 Å². The van der Waals surface area contributed by atoms with E-state index >= 15 is 0 Å². The van der Waals surface area contributed by atoms with Crippen LogP contribution >= 0.6 is 0 Å². The monoisotopic (exact) mass is 204 g/mol. The van der Waals surface area contributed by atoms with Crippen LogP contribution in [0, 0.1) is 0 Å². The van der Waals surface area contributed by atoms with Gasteiger partial charge in [0.05, 0.1) is 6.54 Å². The van der Waals surface area contributed by atoms with Gasteiger partial charge in [-0.05, 0) is 17.7 Å². The fourth-order valence-corrected chi connectivity index (χ4v) is 1.05. The first-order valence-electron chi connectivity index (χ1n) is 4.09. The Morgan fingerprint density at radius 1 is 1.29 bits per heavy atom. The smallest absolute Gasteiger partial charge is 0.399 e. The number of benzene rings is 1. The van der Waals surface area contributed by atoms with Crippen LogP contribution in [0.15, 0.2) is 24.3 Å². The molecule has 2 nitrogen and oxygen atoms in total. The highest BCUT2D eigenvalue weighted by molar-refractivity contribution is 5.40. The summed E-state index contributed by atoms with van der Waals surface area (Å²) >= 11 is 0. The number of hydrogen-bond donors (Lipinski definition) is 2. The Labute approximate surface area is 79.9 Å². The number of nitrogens with two attached hydrogens (primary N) is 1. The van der Waals surface area contributed by atoms with Crippen molar-refractivity contribution in [1.29, 1.82) is 0 Å². The lowest BCUT2D eigenvalue weighted by Gasteiger charge is -2.08. The summed E-state index contributed by atoms with van der Waals surface area (Å²) in [6.07, 6.45) is -4.17. The molecule has 1 aromatic rings. The molecule has 0 aliphatic rings. The second-order valence-corrected chi connectivity index (χ2v) is 2.96. The Morgan fingerprint density at radius 3 is 2.57 bits per heavy atom. The van der Waals surface area contributed by atoms with Crippen LogP contribution in [0.25, 0.3) is 0 Å². The van der Waals surface area contributed by atoms with Gasteiger partial charge >= 0.3 is 6.18 Å². The summed E-state index contributed by atoms with van der Waals surface area (Å²) < 4.78 is 35.3. The lowest BCUT2D eigenvalue weighted by molar-refractivity contribution is -0.125. The highest BCUT2D eigenvalue weighted by atomic mass is 19.4. The molecular weight excluding hydrogens is 193 g/mol. The van der Waals surface area contributed by atoms with E-state index in [4.69, 9.17) is 5.73 Å². The van der Waals surface area contributed by atoms with Crippen LogP contribution in [0.4, 0.5) is 18.9 Å². The molecule has 1 rings (SSSR count). The van der Waals surface area contributed by atoms with E-state index in [1.807, 2.05) is 0 Å².